The molecule has 1 aromatic carbocycles. The molecule has 162 valence electrons. The van der Waals surface area contributed by atoms with E-state index in [0.29, 0.717) is 11.8 Å². The predicted octanol–water partition coefficient (Wildman–Crippen LogP) is 7.08. The number of rotatable bonds is 10. The number of hydrogen-bond donors (Lipinski definition) is 0. The summed E-state index contributed by atoms with van der Waals surface area (Å²) in [6, 6.07) is 8.22. The normalized spacial score (nSPS) is 28.6. The van der Waals surface area contributed by atoms with E-state index in [1.54, 1.807) is 0 Å². The van der Waals surface area contributed by atoms with Gasteiger partial charge >= 0.3 is 0 Å². The zero-order valence-corrected chi connectivity index (χ0v) is 18.5. The maximum Gasteiger partial charge on any atom is 0.183 e. The van der Waals surface area contributed by atoms with E-state index in [1.165, 1.54) is 51.4 Å². The molecule has 0 amide bonds. The quantitative estimate of drug-likeness (QED) is 0.310. The van der Waals surface area contributed by atoms with Crippen LogP contribution in [0.4, 0.5) is 0 Å². The smallest absolute Gasteiger partial charge is 0.183 e. The Hall–Kier alpha value is -1.32. The standard InChI is InChI=1S/C26H40O3/c1-4-7-8-9-21-10-12-22(13-11-21)25(6-3)29-24-16-14-23(15-17-24)26-27-18-20(5-2)19-28-26/h6,14-17,20-22,25-26H,3-5,7-13,18-19H2,1-2H3. The lowest BCUT2D eigenvalue weighted by molar-refractivity contribution is -0.205. The lowest BCUT2D eigenvalue weighted by Crippen LogP contribution is -2.29. The van der Waals surface area contributed by atoms with Crippen molar-refractivity contribution in [1.29, 1.82) is 0 Å². The Bertz CT molecular complexity index is 580. The molecule has 0 spiro atoms. The first-order valence-corrected chi connectivity index (χ1v) is 11.9. The molecule has 1 saturated carbocycles. The van der Waals surface area contributed by atoms with Crippen molar-refractivity contribution in [2.45, 2.75) is 84.0 Å². The van der Waals surface area contributed by atoms with E-state index in [2.05, 4.69) is 32.6 Å². The van der Waals surface area contributed by atoms with Gasteiger partial charge in [0, 0.05) is 11.5 Å². The highest BCUT2D eigenvalue weighted by Crippen LogP contribution is 2.35. The monoisotopic (exact) mass is 400 g/mol. The van der Waals surface area contributed by atoms with Crippen LogP contribution < -0.4 is 4.74 Å². The molecule has 0 radical (unpaired) electrons. The van der Waals surface area contributed by atoms with Crippen molar-refractivity contribution in [2.75, 3.05) is 13.2 Å². The van der Waals surface area contributed by atoms with Gasteiger partial charge in [0.25, 0.3) is 0 Å². The summed E-state index contributed by atoms with van der Waals surface area (Å²) >= 11 is 0. The SMILES string of the molecule is C=CC(Oc1ccc(C2OCC(CC)CO2)cc1)C1CCC(CCCCC)CC1. The van der Waals surface area contributed by atoms with Crippen LogP contribution in [-0.4, -0.2) is 19.3 Å². The minimum absolute atomic E-state index is 0.102. The van der Waals surface area contributed by atoms with Gasteiger partial charge in [-0.05, 0) is 43.2 Å². The van der Waals surface area contributed by atoms with Crippen LogP contribution in [0.25, 0.3) is 0 Å². The minimum atomic E-state index is -0.245. The van der Waals surface area contributed by atoms with Crippen molar-refractivity contribution in [2.24, 2.45) is 17.8 Å². The Labute approximate surface area is 177 Å². The molecule has 0 aromatic heterocycles. The van der Waals surface area contributed by atoms with E-state index in [0.717, 1.165) is 36.9 Å². The molecule has 2 aliphatic rings. The maximum absolute atomic E-state index is 6.31. The highest BCUT2D eigenvalue weighted by molar-refractivity contribution is 5.28. The fraction of sp³-hybridized carbons (Fsp3) is 0.692. The van der Waals surface area contributed by atoms with Gasteiger partial charge in [0.2, 0.25) is 0 Å². The second-order valence-corrected chi connectivity index (χ2v) is 8.94. The molecule has 1 aliphatic heterocycles. The van der Waals surface area contributed by atoms with Gasteiger partial charge in [0.15, 0.2) is 6.29 Å². The molecular formula is C26H40O3. The molecule has 1 saturated heterocycles. The number of ether oxygens (including phenoxy) is 3. The predicted molar refractivity (Wildman–Crippen MR) is 119 cm³/mol. The van der Waals surface area contributed by atoms with Crippen LogP contribution in [0.1, 0.15) is 83.5 Å². The molecule has 1 atom stereocenters. The first kappa shape index (κ1) is 22.4. The Morgan fingerprint density at radius 3 is 2.28 bits per heavy atom. The van der Waals surface area contributed by atoms with Crippen LogP contribution in [0.2, 0.25) is 0 Å². The third-order valence-electron chi connectivity index (χ3n) is 6.77. The maximum atomic E-state index is 6.31. The second-order valence-electron chi connectivity index (χ2n) is 8.94. The van der Waals surface area contributed by atoms with Gasteiger partial charge in [-0.2, -0.15) is 0 Å². The summed E-state index contributed by atoms with van der Waals surface area (Å²) in [6.07, 6.45) is 13.7. The van der Waals surface area contributed by atoms with Gasteiger partial charge in [0.05, 0.1) is 13.2 Å². The molecule has 1 heterocycles. The van der Waals surface area contributed by atoms with E-state index in [1.807, 2.05) is 18.2 Å². The molecule has 0 bridgehead atoms. The fourth-order valence-electron chi connectivity index (χ4n) is 4.66. The van der Waals surface area contributed by atoms with E-state index in [9.17, 15) is 0 Å². The van der Waals surface area contributed by atoms with Gasteiger partial charge < -0.3 is 14.2 Å². The first-order chi connectivity index (χ1) is 14.2. The van der Waals surface area contributed by atoms with Gasteiger partial charge in [-0.15, -0.1) is 0 Å². The molecule has 29 heavy (non-hydrogen) atoms. The highest BCUT2D eigenvalue weighted by atomic mass is 16.7. The van der Waals surface area contributed by atoms with Gasteiger partial charge in [-0.1, -0.05) is 77.2 Å². The molecule has 0 N–H and O–H groups in total. The molecule has 1 unspecified atom stereocenters. The summed E-state index contributed by atoms with van der Waals surface area (Å²) in [5, 5.41) is 0. The van der Waals surface area contributed by atoms with Gasteiger partial charge in [-0.3, -0.25) is 0 Å². The minimum Gasteiger partial charge on any atom is -0.486 e. The van der Waals surface area contributed by atoms with Gasteiger partial charge in [0.1, 0.15) is 11.9 Å². The number of benzene rings is 1. The third-order valence-corrected chi connectivity index (χ3v) is 6.77. The number of unbranched alkanes of at least 4 members (excludes halogenated alkanes) is 2. The van der Waals surface area contributed by atoms with Crippen molar-refractivity contribution in [3.8, 4) is 5.75 Å². The molecule has 3 rings (SSSR count). The van der Waals surface area contributed by atoms with Crippen molar-refractivity contribution in [3.05, 3.63) is 42.5 Å². The Balaban J connectivity index is 1.47. The zero-order valence-electron chi connectivity index (χ0n) is 18.5. The average molecular weight is 401 g/mol. The zero-order chi connectivity index (χ0) is 20.5. The van der Waals surface area contributed by atoms with Crippen LogP contribution in [0.15, 0.2) is 36.9 Å². The highest BCUT2D eigenvalue weighted by Gasteiger charge is 2.27. The molecule has 1 aromatic rings. The third kappa shape index (κ3) is 6.58. The van der Waals surface area contributed by atoms with Crippen molar-refractivity contribution >= 4 is 0 Å². The second kappa shape index (κ2) is 11.8. The summed E-state index contributed by atoms with van der Waals surface area (Å²) in [7, 11) is 0. The summed E-state index contributed by atoms with van der Waals surface area (Å²) in [5.41, 5.74) is 1.06. The van der Waals surface area contributed by atoms with Crippen LogP contribution in [-0.2, 0) is 9.47 Å². The molecule has 3 heteroatoms. The Morgan fingerprint density at radius 2 is 1.69 bits per heavy atom. The number of hydrogen-bond acceptors (Lipinski definition) is 3. The van der Waals surface area contributed by atoms with Crippen molar-refractivity contribution in [1.82, 2.24) is 0 Å². The van der Waals surface area contributed by atoms with Crippen molar-refractivity contribution < 1.29 is 14.2 Å². The lowest BCUT2D eigenvalue weighted by atomic mass is 9.77. The van der Waals surface area contributed by atoms with E-state index in [-0.39, 0.29) is 12.4 Å². The molecule has 1 aliphatic carbocycles. The fourth-order valence-corrected chi connectivity index (χ4v) is 4.66. The summed E-state index contributed by atoms with van der Waals surface area (Å²) in [4.78, 5) is 0. The summed E-state index contributed by atoms with van der Waals surface area (Å²) < 4.78 is 18.1. The van der Waals surface area contributed by atoms with Crippen LogP contribution in [0.3, 0.4) is 0 Å². The van der Waals surface area contributed by atoms with E-state index < -0.39 is 0 Å². The van der Waals surface area contributed by atoms with Crippen LogP contribution in [0, 0.1) is 17.8 Å². The lowest BCUT2D eigenvalue weighted by Gasteiger charge is -2.33. The average Bonchev–Trinajstić information content (AvgIpc) is 2.79. The van der Waals surface area contributed by atoms with E-state index >= 15 is 0 Å². The molecule has 3 nitrogen and oxygen atoms in total. The van der Waals surface area contributed by atoms with Crippen molar-refractivity contribution in [3.63, 3.8) is 0 Å². The Kier molecular flexibility index (Phi) is 9.07. The van der Waals surface area contributed by atoms with Crippen LogP contribution in [0.5, 0.6) is 5.75 Å². The summed E-state index contributed by atoms with van der Waals surface area (Å²) in [6.45, 7) is 10.1. The largest absolute Gasteiger partial charge is 0.486 e. The van der Waals surface area contributed by atoms with Crippen LogP contribution >= 0.6 is 0 Å². The van der Waals surface area contributed by atoms with Gasteiger partial charge in [-0.25, -0.2) is 0 Å². The molecule has 2 fully saturated rings. The van der Waals surface area contributed by atoms with E-state index in [4.69, 9.17) is 14.2 Å². The Morgan fingerprint density at radius 1 is 1.00 bits per heavy atom. The topological polar surface area (TPSA) is 27.7 Å². The first-order valence-electron chi connectivity index (χ1n) is 11.9. The summed E-state index contributed by atoms with van der Waals surface area (Å²) in [5.74, 6) is 2.94. The molecular weight excluding hydrogens is 360 g/mol.